The van der Waals surface area contributed by atoms with Crippen molar-refractivity contribution in [2.75, 3.05) is 7.11 Å². The number of ether oxygens (including phenoxy) is 1. The van der Waals surface area contributed by atoms with E-state index in [1.54, 1.807) is 33.1 Å². The molecule has 2 rings (SSSR count). The quantitative estimate of drug-likeness (QED) is 0.907. The second-order valence-electron chi connectivity index (χ2n) is 3.97. The van der Waals surface area contributed by atoms with Gasteiger partial charge in [-0.15, -0.1) is 0 Å². The van der Waals surface area contributed by atoms with Gasteiger partial charge >= 0.3 is 0 Å². The molecule has 0 aliphatic heterocycles. The summed E-state index contributed by atoms with van der Waals surface area (Å²) in [5.41, 5.74) is 1.89. The summed E-state index contributed by atoms with van der Waals surface area (Å²) < 4.78 is 5.16. The maximum atomic E-state index is 11.7. The van der Waals surface area contributed by atoms with Crippen LogP contribution >= 0.6 is 11.6 Å². The predicted molar refractivity (Wildman–Crippen MR) is 71.3 cm³/mol. The van der Waals surface area contributed by atoms with Crippen molar-refractivity contribution in [2.24, 2.45) is 0 Å². The van der Waals surface area contributed by atoms with E-state index in [9.17, 15) is 4.79 Å². The van der Waals surface area contributed by atoms with Gasteiger partial charge < -0.3 is 9.72 Å². The Bertz CT molecular complexity index is 650. The number of aromatic nitrogens is 2. The Morgan fingerprint density at radius 1 is 1.33 bits per heavy atom. The number of aromatic amines is 1. The summed E-state index contributed by atoms with van der Waals surface area (Å²) in [7, 11) is 1.55. The number of hydrogen-bond donors (Lipinski definition) is 1. The second-order valence-corrected chi connectivity index (χ2v) is 4.38. The van der Waals surface area contributed by atoms with E-state index in [-0.39, 0.29) is 5.56 Å². The molecule has 0 saturated carbocycles. The maximum absolute atomic E-state index is 11.7. The molecule has 0 aliphatic rings. The third kappa shape index (κ3) is 2.24. The van der Waals surface area contributed by atoms with E-state index < -0.39 is 0 Å². The molecule has 94 valence electrons. The predicted octanol–water partition coefficient (Wildman–Crippen LogP) is 2.72. The van der Waals surface area contributed by atoms with Crippen molar-refractivity contribution >= 4 is 11.6 Å². The second kappa shape index (κ2) is 4.82. The number of hydrogen-bond acceptors (Lipinski definition) is 3. The lowest BCUT2D eigenvalue weighted by Crippen LogP contribution is -2.14. The summed E-state index contributed by atoms with van der Waals surface area (Å²) in [6, 6.07) is 5.32. The highest BCUT2D eigenvalue weighted by atomic mass is 35.5. The van der Waals surface area contributed by atoms with E-state index in [1.165, 1.54) is 0 Å². The van der Waals surface area contributed by atoms with Crippen molar-refractivity contribution < 1.29 is 4.74 Å². The fourth-order valence-electron chi connectivity index (χ4n) is 1.73. The highest BCUT2D eigenvalue weighted by Gasteiger charge is 2.10. The summed E-state index contributed by atoms with van der Waals surface area (Å²) in [5.74, 6) is 1.14. The third-order valence-electron chi connectivity index (χ3n) is 2.69. The first kappa shape index (κ1) is 12.6. The number of H-pyrrole nitrogens is 1. The van der Waals surface area contributed by atoms with Crippen LogP contribution in [0.15, 0.2) is 23.0 Å². The van der Waals surface area contributed by atoms with Gasteiger partial charge in [-0.05, 0) is 26.0 Å². The molecule has 0 aliphatic carbocycles. The maximum Gasteiger partial charge on any atom is 0.254 e. The van der Waals surface area contributed by atoms with Crippen molar-refractivity contribution in [3.05, 3.63) is 45.0 Å². The van der Waals surface area contributed by atoms with Gasteiger partial charge in [0.2, 0.25) is 0 Å². The van der Waals surface area contributed by atoms with E-state index in [0.717, 1.165) is 5.56 Å². The van der Waals surface area contributed by atoms with Crippen LogP contribution in [0.25, 0.3) is 11.3 Å². The monoisotopic (exact) mass is 264 g/mol. The van der Waals surface area contributed by atoms with Crippen LogP contribution in [-0.2, 0) is 0 Å². The molecule has 2 aromatic rings. The normalized spacial score (nSPS) is 10.4. The number of benzene rings is 1. The molecule has 1 N–H and O–H groups in total. The summed E-state index contributed by atoms with van der Waals surface area (Å²) in [6.45, 7) is 3.49. The topological polar surface area (TPSA) is 55.0 Å². The molecule has 0 fully saturated rings. The highest BCUT2D eigenvalue weighted by molar-refractivity contribution is 6.32. The minimum atomic E-state index is -0.133. The summed E-state index contributed by atoms with van der Waals surface area (Å²) in [4.78, 5) is 18.7. The minimum Gasteiger partial charge on any atom is -0.495 e. The van der Waals surface area contributed by atoms with E-state index in [0.29, 0.717) is 27.9 Å². The van der Waals surface area contributed by atoms with Crippen LogP contribution in [0.4, 0.5) is 0 Å². The molecule has 0 saturated heterocycles. The molecule has 0 unspecified atom stereocenters. The Labute approximate surface area is 110 Å². The molecule has 0 atom stereocenters. The Morgan fingerprint density at radius 2 is 2.06 bits per heavy atom. The van der Waals surface area contributed by atoms with Crippen LogP contribution in [0, 0.1) is 13.8 Å². The number of rotatable bonds is 2. The van der Waals surface area contributed by atoms with E-state index in [4.69, 9.17) is 16.3 Å². The fourth-order valence-corrected chi connectivity index (χ4v) is 1.93. The fraction of sp³-hybridized carbons (Fsp3) is 0.231. The number of methoxy groups -OCH3 is 1. The Kier molecular flexibility index (Phi) is 3.39. The van der Waals surface area contributed by atoms with E-state index >= 15 is 0 Å². The first-order valence-electron chi connectivity index (χ1n) is 5.44. The van der Waals surface area contributed by atoms with Gasteiger partial charge in [-0.1, -0.05) is 17.7 Å². The molecular weight excluding hydrogens is 252 g/mol. The lowest BCUT2D eigenvalue weighted by Gasteiger charge is -2.08. The molecule has 18 heavy (non-hydrogen) atoms. The van der Waals surface area contributed by atoms with Gasteiger partial charge in [-0.25, -0.2) is 4.98 Å². The number of halogens is 1. The number of nitrogens with one attached hydrogen (secondary N) is 1. The molecule has 4 nitrogen and oxygen atoms in total. The zero-order valence-electron chi connectivity index (χ0n) is 10.4. The smallest absolute Gasteiger partial charge is 0.254 e. The standard InChI is InChI=1S/C13H13ClN2O2/c1-7-12(15-8(2)16-13(7)17)9-4-5-10(14)11(6-9)18-3/h4-6H,1-3H3,(H,15,16,17). The zero-order chi connectivity index (χ0) is 13.3. The van der Waals surface area contributed by atoms with Crippen molar-refractivity contribution in [2.45, 2.75) is 13.8 Å². The van der Waals surface area contributed by atoms with Crippen LogP contribution in [0.3, 0.4) is 0 Å². The minimum absolute atomic E-state index is 0.133. The first-order valence-corrected chi connectivity index (χ1v) is 5.82. The lowest BCUT2D eigenvalue weighted by molar-refractivity contribution is 0.415. The average molecular weight is 265 g/mol. The zero-order valence-corrected chi connectivity index (χ0v) is 11.1. The molecular formula is C13H13ClN2O2. The average Bonchev–Trinajstić information content (AvgIpc) is 2.34. The van der Waals surface area contributed by atoms with Gasteiger partial charge in [-0.2, -0.15) is 0 Å². The van der Waals surface area contributed by atoms with Crippen molar-refractivity contribution in [3.8, 4) is 17.0 Å². The summed E-state index contributed by atoms with van der Waals surface area (Å²) >= 11 is 5.97. The van der Waals surface area contributed by atoms with Gasteiger partial charge in [0.25, 0.3) is 5.56 Å². The lowest BCUT2D eigenvalue weighted by atomic mass is 10.1. The molecule has 0 amide bonds. The Morgan fingerprint density at radius 3 is 2.72 bits per heavy atom. The molecule has 1 aromatic carbocycles. The summed E-state index contributed by atoms with van der Waals surface area (Å²) in [5, 5.41) is 0.528. The van der Waals surface area contributed by atoms with Crippen LogP contribution in [-0.4, -0.2) is 17.1 Å². The molecule has 0 bridgehead atoms. The van der Waals surface area contributed by atoms with Gasteiger partial charge in [0.15, 0.2) is 0 Å². The van der Waals surface area contributed by atoms with Crippen LogP contribution in [0.1, 0.15) is 11.4 Å². The molecule has 0 radical (unpaired) electrons. The summed E-state index contributed by atoms with van der Waals surface area (Å²) in [6.07, 6.45) is 0. The van der Waals surface area contributed by atoms with Crippen LogP contribution < -0.4 is 10.3 Å². The molecule has 1 aromatic heterocycles. The SMILES string of the molecule is COc1cc(-c2nc(C)[nH]c(=O)c2C)ccc1Cl. The van der Waals surface area contributed by atoms with Gasteiger partial charge in [-0.3, -0.25) is 4.79 Å². The van der Waals surface area contributed by atoms with Crippen molar-refractivity contribution in [1.29, 1.82) is 0 Å². The molecule has 1 heterocycles. The van der Waals surface area contributed by atoms with E-state index in [1.807, 2.05) is 6.07 Å². The molecule has 5 heteroatoms. The van der Waals surface area contributed by atoms with E-state index in [2.05, 4.69) is 9.97 Å². The third-order valence-corrected chi connectivity index (χ3v) is 3.01. The van der Waals surface area contributed by atoms with Crippen molar-refractivity contribution in [1.82, 2.24) is 9.97 Å². The molecule has 0 spiro atoms. The van der Waals surface area contributed by atoms with Gasteiger partial charge in [0, 0.05) is 11.1 Å². The number of nitrogens with zero attached hydrogens (tertiary/aromatic N) is 1. The Balaban J connectivity index is 2.65. The van der Waals surface area contributed by atoms with Crippen LogP contribution in [0.2, 0.25) is 5.02 Å². The van der Waals surface area contributed by atoms with Crippen LogP contribution in [0.5, 0.6) is 5.75 Å². The van der Waals surface area contributed by atoms with Gasteiger partial charge in [0.1, 0.15) is 11.6 Å². The number of aryl methyl sites for hydroxylation is 1. The van der Waals surface area contributed by atoms with Crippen molar-refractivity contribution in [3.63, 3.8) is 0 Å². The van der Waals surface area contributed by atoms with Gasteiger partial charge in [0.05, 0.1) is 17.8 Å². The Hall–Kier alpha value is -1.81. The first-order chi connectivity index (χ1) is 8.52. The highest BCUT2D eigenvalue weighted by Crippen LogP contribution is 2.30. The largest absolute Gasteiger partial charge is 0.495 e.